The van der Waals surface area contributed by atoms with Gasteiger partial charge in [-0.1, -0.05) is 24.3 Å². The van der Waals surface area contributed by atoms with Crippen LogP contribution in [0.3, 0.4) is 0 Å². The highest BCUT2D eigenvalue weighted by molar-refractivity contribution is 5.98. The quantitative estimate of drug-likeness (QED) is 0.518. The number of nitrogens with one attached hydrogen (secondary N) is 1. The summed E-state index contributed by atoms with van der Waals surface area (Å²) >= 11 is 0. The topological polar surface area (TPSA) is 98.8 Å². The molecule has 1 saturated heterocycles. The average Bonchev–Trinajstić information content (AvgIpc) is 3.60. The monoisotopic (exact) mass is 517 g/mol. The van der Waals surface area contributed by atoms with Gasteiger partial charge in [-0.2, -0.15) is 5.10 Å². The Hall–Kier alpha value is -3.56. The fourth-order valence-electron chi connectivity index (χ4n) is 5.11. The fraction of sp³-hybridized carbons (Fsp3) is 0.448. The Morgan fingerprint density at radius 1 is 1.13 bits per heavy atom. The van der Waals surface area contributed by atoms with Crippen molar-refractivity contribution in [3.8, 4) is 5.75 Å². The first kappa shape index (κ1) is 26.1. The maximum atomic E-state index is 13.3. The van der Waals surface area contributed by atoms with E-state index in [2.05, 4.69) is 28.2 Å². The second kappa shape index (κ2) is 10.7. The summed E-state index contributed by atoms with van der Waals surface area (Å²) in [5.41, 5.74) is 3.25. The molecule has 0 bridgehead atoms. The van der Waals surface area contributed by atoms with Gasteiger partial charge in [-0.3, -0.25) is 14.5 Å². The molecule has 38 heavy (non-hydrogen) atoms. The number of nitrogens with zero attached hydrogens (tertiary/aromatic N) is 4. The number of fused-ring (bicyclic) bond motifs is 2. The molecule has 6 rings (SSSR count). The average molecular weight is 518 g/mol. The van der Waals surface area contributed by atoms with Gasteiger partial charge in [-0.05, 0) is 57.2 Å². The van der Waals surface area contributed by atoms with E-state index in [1.807, 2.05) is 48.2 Å². The summed E-state index contributed by atoms with van der Waals surface area (Å²) in [6.45, 7) is 3.80. The zero-order valence-electron chi connectivity index (χ0n) is 22.3. The molecule has 1 amide bonds. The number of aromatic nitrogens is 2. The lowest BCUT2D eigenvalue weighted by molar-refractivity contribution is -0.112. The molecule has 200 valence electrons. The highest BCUT2D eigenvalue weighted by Gasteiger charge is 2.44. The number of carbonyl (C=O) groups is 2. The predicted molar refractivity (Wildman–Crippen MR) is 146 cm³/mol. The van der Waals surface area contributed by atoms with Crippen molar-refractivity contribution < 1.29 is 14.3 Å². The minimum absolute atomic E-state index is 0.0300. The summed E-state index contributed by atoms with van der Waals surface area (Å²) in [5, 5.41) is 8.36. The molecule has 1 aromatic heterocycles. The number of hydrogen-bond donors (Lipinski definition) is 1. The molecule has 3 heterocycles. The van der Waals surface area contributed by atoms with Crippen LogP contribution in [-0.4, -0.2) is 96.6 Å². The normalized spacial score (nSPS) is 17.9. The lowest BCUT2D eigenvalue weighted by Crippen LogP contribution is -2.47. The van der Waals surface area contributed by atoms with Crippen LogP contribution in [0, 0.1) is 0 Å². The first-order valence-electron chi connectivity index (χ1n) is 13.2. The van der Waals surface area contributed by atoms with Gasteiger partial charge in [-0.25, -0.2) is 5.10 Å². The van der Waals surface area contributed by atoms with Gasteiger partial charge in [-0.15, -0.1) is 0 Å². The molecular formula is C29H35N5O4. The number of likely N-dealkylation sites (N-methyl/N-ethyl adjacent to an activating group) is 2. The molecule has 1 saturated carbocycles. The number of rotatable bonds is 5. The van der Waals surface area contributed by atoms with Gasteiger partial charge in [0.15, 0.2) is 0 Å². The number of hydrogen-bond acceptors (Lipinski definition) is 7. The molecule has 1 aliphatic carbocycles. The zero-order valence-corrected chi connectivity index (χ0v) is 22.3. The van der Waals surface area contributed by atoms with Crippen molar-refractivity contribution in [2.75, 3.05) is 53.9 Å². The SMILES string of the molecule is CN(C)C1(C=O)CC1.CN1CCN(C(=O)c2cc(Cc3n[nH]c(=O)c4ccccc34)cc3c2OCC3)CC1. The summed E-state index contributed by atoms with van der Waals surface area (Å²) in [6.07, 6.45) is 4.47. The Kier molecular flexibility index (Phi) is 7.32. The molecule has 9 heteroatoms. The van der Waals surface area contributed by atoms with Crippen molar-refractivity contribution in [1.82, 2.24) is 24.9 Å². The maximum absolute atomic E-state index is 13.3. The largest absolute Gasteiger partial charge is 0.492 e. The van der Waals surface area contributed by atoms with Crippen molar-refractivity contribution in [1.29, 1.82) is 0 Å². The fourth-order valence-corrected chi connectivity index (χ4v) is 5.11. The van der Waals surface area contributed by atoms with Crippen molar-refractivity contribution in [3.63, 3.8) is 0 Å². The van der Waals surface area contributed by atoms with E-state index in [0.717, 1.165) is 79.7 Å². The van der Waals surface area contributed by atoms with Crippen LogP contribution in [0.2, 0.25) is 0 Å². The van der Waals surface area contributed by atoms with Crippen molar-refractivity contribution in [2.45, 2.75) is 31.2 Å². The number of benzene rings is 2. The number of amides is 1. The Bertz CT molecular complexity index is 1400. The zero-order chi connectivity index (χ0) is 26.9. The molecule has 9 nitrogen and oxygen atoms in total. The first-order valence-corrected chi connectivity index (χ1v) is 13.2. The van der Waals surface area contributed by atoms with E-state index < -0.39 is 0 Å². The van der Waals surface area contributed by atoms with Crippen LogP contribution in [0.25, 0.3) is 10.8 Å². The van der Waals surface area contributed by atoms with E-state index in [4.69, 9.17) is 4.74 Å². The van der Waals surface area contributed by atoms with E-state index in [9.17, 15) is 14.4 Å². The number of H-pyrrole nitrogens is 1. The van der Waals surface area contributed by atoms with E-state index in [1.165, 1.54) is 0 Å². The highest BCUT2D eigenvalue weighted by Crippen LogP contribution is 2.37. The number of carbonyl (C=O) groups excluding carboxylic acids is 2. The maximum Gasteiger partial charge on any atom is 0.272 e. The van der Waals surface area contributed by atoms with E-state index in [-0.39, 0.29) is 17.0 Å². The number of ether oxygens (including phenoxy) is 1. The lowest BCUT2D eigenvalue weighted by atomic mass is 9.98. The van der Waals surface area contributed by atoms with Gasteiger partial charge in [0, 0.05) is 44.4 Å². The van der Waals surface area contributed by atoms with E-state index in [1.54, 1.807) is 6.07 Å². The molecule has 3 aliphatic rings. The summed E-state index contributed by atoms with van der Waals surface area (Å²) in [5.74, 6) is 0.754. The van der Waals surface area contributed by atoms with Crippen LogP contribution in [0.1, 0.15) is 40.0 Å². The van der Waals surface area contributed by atoms with Crippen molar-refractivity contribution >= 4 is 23.0 Å². The minimum atomic E-state index is -0.192. The third-order valence-electron chi connectivity index (χ3n) is 7.88. The van der Waals surface area contributed by atoms with Crippen LogP contribution < -0.4 is 10.3 Å². The molecule has 2 aromatic carbocycles. The van der Waals surface area contributed by atoms with Gasteiger partial charge in [0.05, 0.1) is 28.8 Å². The van der Waals surface area contributed by atoms with Gasteiger partial charge >= 0.3 is 0 Å². The highest BCUT2D eigenvalue weighted by atomic mass is 16.5. The molecule has 2 aliphatic heterocycles. The molecule has 0 radical (unpaired) electrons. The first-order chi connectivity index (χ1) is 18.3. The summed E-state index contributed by atoms with van der Waals surface area (Å²) in [6, 6.07) is 11.5. The number of aldehydes is 1. The van der Waals surface area contributed by atoms with Crippen LogP contribution in [0.15, 0.2) is 41.2 Å². The Labute approximate surface area is 222 Å². The van der Waals surface area contributed by atoms with E-state index >= 15 is 0 Å². The third kappa shape index (κ3) is 5.21. The van der Waals surface area contributed by atoms with Crippen LogP contribution >= 0.6 is 0 Å². The van der Waals surface area contributed by atoms with Gasteiger partial charge in [0.25, 0.3) is 11.5 Å². The van der Waals surface area contributed by atoms with Crippen LogP contribution in [0.5, 0.6) is 5.75 Å². The standard InChI is InChI=1S/C23H24N4O3.C6H11NO/c1-26-7-9-27(10-8-26)23(29)19-13-15(12-16-6-11-30-21(16)19)14-20-17-4-2-3-5-18(17)22(28)25-24-20;1-7(2)6(5-8)3-4-6/h2-5,12-13H,6-11,14H2,1H3,(H,25,28);5H,3-4H2,1-2H3. The smallest absolute Gasteiger partial charge is 0.272 e. The molecule has 0 unspecified atom stereocenters. The Morgan fingerprint density at radius 3 is 2.47 bits per heavy atom. The van der Waals surface area contributed by atoms with Gasteiger partial charge < -0.3 is 19.3 Å². The molecular weight excluding hydrogens is 482 g/mol. The summed E-state index contributed by atoms with van der Waals surface area (Å²) < 4.78 is 5.83. The molecule has 1 N–H and O–H groups in total. The summed E-state index contributed by atoms with van der Waals surface area (Å²) in [4.78, 5) is 41.8. The Morgan fingerprint density at radius 2 is 1.84 bits per heavy atom. The molecule has 2 fully saturated rings. The summed E-state index contributed by atoms with van der Waals surface area (Å²) in [7, 11) is 5.97. The van der Waals surface area contributed by atoms with E-state index in [0.29, 0.717) is 24.0 Å². The lowest BCUT2D eigenvalue weighted by Gasteiger charge is -2.32. The second-order valence-electron chi connectivity index (χ2n) is 10.7. The Balaban J connectivity index is 0.000000316. The number of aromatic amines is 1. The number of piperazine rings is 1. The van der Waals surface area contributed by atoms with Crippen molar-refractivity contribution in [2.24, 2.45) is 0 Å². The molecule has 0 spiro atoms. The van der Waals surface area contributed by atoms with Gasteiger partial charge in [0.1, 0.15) is 12.0 Å². The van der Waals surface area contributed by atoms with Crippen molar-refractivity contribution in [3.05, 3.63) is 69.1 Å². The second-order valence-corrected chi connectivity index (χ2v) is 10.7. The predicted octanol–water partition coefficient (Wildman–Crippen LogP) is 2.12. The third-order valence-corrected chi connectivity index (χ3v) is 7.88. The molecule has 0 atom stereocenters. The minimum Gasteiger partial charge on any atom is -0.492 e. The van der Waals surface area contributed by atoms with Gasteiger partial charge in [0.2, 0.25) is 0 Å². The molecule has 3 aromatic rings. The van der Waals surface area contributed by atoms with Crippen LogP contribution in [-0.2, 0) is 17.6 Å². The van der Waals surface area contributed by atoms with Crippen LogP contribution in [0.4, 0.5) is 0 Å².